The van der Waals surface area contributed by atoms with Gasteiger partial charge in [0.2, 0.25) is 5.95 Å². The van der Waals surface area contributed by atoms with E-state index >= 15 is 0 Å². The predicted octanol–water partition coefficient (Wildman–Crippen LogP) is 3.67. The zero-order valence-corrected chi connectivity index (χ0v) is 17.1. The fourth-order valence-electron chi connectivity index (χ4n) is 2.61. The molecule has 0 aliphatic carbocycles. The van der Waals surface area contributed by atoms with E-state index in [1.165, 1.54) is 12.1 Å². The Morgan fingerprint density at radius 3 is 2.23 bits per heavy atom. The first-order valence-electron chi connectivity index (χ1n) is 9.01. The van der Waals surface area contributed by atoms with Crippen molar-refractivity contribution in [3.8, 4) is 0 Å². The van der Waals surface area contributed by atoms with Gasteiger partial charge in [0.1, 0.15) is 5.82 Å². The van der Waals surface area contributed by atoms with Crippen LogP contribution in [-0.2, 0) is 10.0 Å². The summed E-state index contributed by atoms with van der Waals surface area (Å²) >= 11 is 0. The van der Waals surface area contributed by atoms with E-state index in [1.807, 2.05) is 19.9 Å². The third-order valence-electron chi connectivity index (χ3n) is 3.96. The molecule has 0 spiro atoms. The maximum Gasteiger partial charge on any atom is 0.269 e. The van der Waals surface area contributed by atoms with Gasteiger partial charge in [-0.25, -0.2) is 13.4 Å². The Balaban J connectivity index is 1.72. The molecule has 30 heavy (non-hydrogen) atoms. The number of benzene rings is 2. The van der Waals surface area contributed by atoms with E-state index in [-0.39, 0.29) is 10.6 Å². The van der Waals surface area contributed by atoms with Gasteiger partial charge < -0.3 is 10.6 Å². The van der Waals surface area contributed by atoms with E-state index in [2.05, 4.69) is 25.3 Å². The number of nitro benzene ring substituents is 1. The molecule has 0 unspecified atom stereocenters. The van der Waals surface area contributed by atoms with Gasteiger partial charge in [0.25, 0.3) is 15.7 Å². The Hall–Kier alpha value is -3.73. The minimum atomic E-state index is -3.87. The van der Waals surface area contributed by atoms with Crippen LogP contribution >= 0.6 is 0 Å². The third-order valence-corrected chi connectivity index (χ3v) is 5.36. The summed E-state index contributed by atoms with van der Waals surface area (Å²) in [5.74, 6) is 1.13. The fraction of sp³-hybridized carbons (Fsp3) is 0.158. The molecule has 0 saturated heterocycles. The van der Waals surface area contributed by atoms with Crippen LogP contribution in [0.3, 0.4) is 0 Å². The molecule has 1 aromatic heterocycles. The van der Waals surface area contributed by atoms with Crippen molar-refractivity contribution in [3.05, 3.63) is 70.4 Å². The summed E-state index contributed by atoms with van der Waals surface area (Å²) in [6.07, 6.45) is 0. The summed E-state index contributed by atoms with van der Waals surface area (Å²) in [7, 11) is -3.87. The number of aromatic nitrogens is 2. The second-order valence-corrected chi connectivity index (χ2v) is 7.99. The molecule has 3 N–H and O–H groups in total. The van der Waals surface area contributed by atoms with Gasteiger partial charge >= 0.3 is 0 Å². The number of aryl methyl sites for hydroxylation is 1. The highest BCUT2D eigenvalue weighted by molar-refractivity contribution is 7.92. The fourth-order valence-corrected chi connectivity index (χ4v) is 3.67. The molecule has 0 bridgehead atoms. The summed E-state index contributed by atoms with van der Waals surface area (Å²) < 4.78 is 27.4. The van der Waals surface area contributed by atoms with E-state index in [0.29, 0.717) is 23.1 Å². The lowest BCUT2D eigenvalue weighted by molar-refractivity contribution is -0.384. The van der Waals surface area contributed by atoms with Crippen LogP contribution in [0.5, 0.6) is 0 Å². The van der Waals surface area contributed by atoms with Crippen LogP contribution in [0.4, 0.5) is 28.8 Å². The summed E-state index contributed by atoms with van der Waals surface area (Å²) in [5, 5.41) is 16.9. The Labute approximate surface area is 173 Å². The van der Waals surface area contributed by atoms with Crippen molar-refractivity contribution in [2.75, 3.05) is 21.9 Å². The highest BCUT2D eigenvalue weighted by atomic mass is 32.2. The summed E-state index contributed by atoms with van der Waals surface area (Å²) in [6.45, 7) is 4.57. The Bertz CT molecular complexity index is 1150. The quantitative estimate of drug-likeness (QED) is 0.365. The zero-order chi connectivity index (χ0) is 21.7. The molecule has 1 heterocycles. The highest BCUT2D eigenvalue weighted by Crippen LogP contribution is 2.22. The van der Waals surface area contributed by atoms with Gasteiger partial charge in [-0.3, -0.25) is 14.8 Å². The number of sulfonamides is 1. The molecule has 2 aromatic carbocycles. The summed E-state index contributed by atoms with van der Waals surface area (Å²) in [5.41, 5.74) is 1.65. The molecule has 156 valence electrons. The Morgan fingerprint density at radius 2 is 1.63 bits per heavy atom. The number of nitro groups is 1. The van der Waals surface area contributed by atoms with Crippen molar-refractivity contribution >= 4 is 38.9 Å². The van der Waals surface area contributed by atoms with E-state index in [0.717, 1.165) is 24.4 Å². The van der Waals surface area contributed by atoms with Gasteiger partial charge in [0, 0.05) is 41.8 Å². The van der Waals surface area contributed by atoms with E-state index in [9.17, 15) is 18.5 Å². The number of nitrogens with one attached hydrogen (secondary N) is 3. The number of non-ortho nitro benzene ring substituents is 1. The normalized spacial score (nSPS) is 11.0. The largest absolute Gasteiger partial charge is 0.370 e. The Kier molecular flexibility index (Phi) is 6.11. The van der Waals surface area contributed by atoms with Crippen LogP contribution in [0, 0.1) is 17.0 Å². The molecule has 3 aromatic rings. The van der Waals surface area contributed by atoms with Gasteiger partial charge in [-0.15, -0.1) is 0 Å². The van der Waals surface area contributed by atoms with Crippen LogP contribution in [-0.4, -0.2) is 29.9 Å². The van der Waals surface area contributed by atoms with Gasteiger partial charge in [-0.2, -0.15) is 4.98 Å². The van der Waals surface area contributed by atoms with Gasteiger partial charge in [0.05, 0.1) is 9.82 Å². The molecular formula is C19H20N6O4S. The molecule has 0 fully saturated rings. The molecule has 0 saturated carbocycles. The molecular weight excluding hydrogens is 408 g/mol. The van der Waals surface area contributed by atoms with Crippen LogP contribution in [0.2, 0.25) is 0 Å². The number of hydrogen-bond donors (Lipinski definition) is 3. The molecule has 11 heteroatoms. The zero-order valence-electron chi connectivity index (χ0n) is 16.3. The van der Waals surface area contributed by atoms with Crippen LogP contribution in [0.15, 0.2) is 59.5 Å². The minimum Gasteiger partial charge on any atom is -0.370 e. The van der Waals surface area contributed by atoms with Crippen molar-refractivity contribution < 1.29 is 13.3 Å². The monoisotopic (exact) mass is 428 g/mol. The van der Waals surface area contributed by atoms with Crippen molar-refractivity contribution in [2.24, 2.45) is 0 Å². The molecule has 0 atom stereocenters. The van der Waals surface area contributed by atoms with E-state index in [4.69, 9.17) is 0 Å². The topological polar surface area (TPSA) is 139 Å². The lowest BCUT2D eigenvalue weighted by Crippen LogP contribution is -2.13. The predicted molar refractivity (Wildman–Crippen MR) is 115 cm³/mol. The number of hydrogen-bond acceptors (Lipinski definition) is 8. The average Bonchev–Trinajstić information content (AvgIpc) is 2.69. The molecule has 0 radical (unpaired) electrons. The Morgan fingerprint density at radius 1 is 1.00 bits per heavy atom. The van der Waals surface area contributed by atoms with Gasteiger partial charge in [-0.1, -0.05) is 0 Å². The number of anilines is 4. The first kappa shape index (κ1) is 21.0. The van der Waals surface area contributed by atoms with E-state index in [1.54, 1.807) is 24.3 Å². The SMILES string of the molecule is CCNc1cc(C)nc(Nc2ccc(NS(=O)(=O)c3ccc([N+](=O)[O-])cc3)cc2)n1. The van der Waals surface area contributed by atoms with E-state index < -0.39 is 14.9 Å². The molecule has 0 aliphatic rings. The molecule has 0 amide bonds. The smallest absolute Gasteiger partial charge is 0.269 e. The number of nitrogens with zero attached hydrogens (tertiary/aromatic N) is 3. The average molecular weight is 428 g/mol. The first-order valence-corrected chi connectivity index (χ1v) is 10.5. The second-order valence-electron chi connectivity index (χ2n) is 6.31. The van der Waals surface area contributed by atoms with Gasteiger partial charge in [0.15, 0.2) is 0 Å². The minimum absolute atomic E-state index is 0.0700. The first-order chi connectivity index (χ1) is 14.3. The maximum atomic E-state index is 12.5. The molecule has 0 aliphatic heterocycles. The summed E-state index contributed by atoms with van der Waals surface area (Å²) in [6, 6.07) is 13.1. The van der Waals surface area contributed by atoms with Crippen molar-refractivity contribution in [2.45, 2.75) is 18.7 Å². The molecule has 10 nitrogen and oxygen atoms in total. The number of rotatable bonds is 8. The van der Waals surface area contributed by atoms with Crippen LogP contribution in [0.1, 0.15) is 12.6 Å². The maximum absolute atomic E-state index is 12.5. The van der Waals surface area contributed by atoms with Crippen molar-refractivity contribution in [1.29, 1.82) is 0 Å². The second kappa shape index (κ2) is 8.74. The highest BCUT2D eigenvalue weighted by Gasteiger charge is 2.16. The third kappa shape index (κ3) is 5.20. The lowest BCUT2D eigenvalue weighted by atomic mass is 10.3. The standard InChI is InChI=1S/C19H20N6O4S/c1-3-20-18-12-13(2)21-19(23-18)22-14-4-6-15(7-5-14)24-30(28,29)17-10-8-16(9-11-17)25(26)27/h4-12,24H,3H2,1-2H3,(H2,20,21,22,23). The molecule has 3 rings (SSSR count). The van der Waals surface area contributed by atoms with Crippen molar-refractivity contribution in [1.82, 2.24) is 9.97 Å². The lowest BCUT2D eigenvalue weighted by Gasteiger charge is -2.11. The van der Waals surface area contributed by atoms with Crippen LogP contribution in [0.25, 0.3) is 0 Å². The van der Waals surface area contributed by atoms with Gasteiger partial charge in [-0.05, 0) is 50.2 Å². The summed E-state index contributed by atoms with van der Waals surface area (Å²) in [4.78, 5) is 18.7. The van der Waals surface area contributed by atoms with Crippen LogP contribution < -0.4 is 15.4 Å². The van der Waals surface area contributed by atoms with Crippen molar-refractivity contribution in [3.63, 3.8) is 0 Å².